The van der Waals surface area contributed by atoms with Gasteiger partial charge in [0.25, 0.3) is 11.8 Å². The number of methoxy groups -OCH3 is 1. The Balaban J connectivity index is 3.39. The maximum Gasteiger partial charge on any atom is 0.335 e. The number of ether oxygens (including phenoxy) is 1. The molecule has 0 radical (unpaired) electrons. The number of rotatable bonds is 2. The van der Waals surface area contributed by atoms with E-state index in [2.05, 4.69) is 16.8 Å². The highest BCUT2D eigenvalue weighted by molar-refractivity contribution is 5.92. The van der Waals surface area contributed by atoms with Crippen LogP contribution in [0.3, 0.4) is 0 Å². The Morgan fingerprint density at radius 1 is 1.65 bits per heavy atom. The zero-order chi connectivity index (χ0) is 13.0. The molecule has 0 aliphatic heterocycles. The molecule has 0 bridgehead atoms. The summed E-state index contributed by atoms with van der Waals surface area (Å²) in [5.41, 5.74) is 5.11. The van der Waals surface area contributed by atoms with Gasteiger partial charge in [-0.15, -0.1) is 0 Å². The predicted octanol–water partition coefficient (Wildman–Crippen LogP) is 0.144. The lowest BCUT2D eigenvalue weighted by Crippen LogP contribution is -2.06. The van der Waals surface area contributed by atoms with Crippen LogP contribution in [0.4, 0.5) is 5.69 Å². The zero-order valence-corrected chi connectivity index (χ0v) is 9.18. The van der Waals surface area contributed by atoms with E-state index in [4.69, 9.17) is 10.5 Å². The minimum atomic E-state index is -0.817. The topological polar surface area (TPSA) is 108 Å². The van der Waals surface area contributed by atoms with Crippen molar-refractivity contribution in [2.75, 3.05) is 7.11 Å². The molecular formula is C10H9N3O4. The van der Waals surface area contributed by atoms with E-state index in [1.54, 1.807) is 0 Å². The number of nitrogens with zero attached hydrogens (tertiary/aromatic N) is 2. The average Bonchev–Trinajstić information content (AvgIpc) is 2.26. The van der Waals surface area contributed by atoms with Crippen molar-refractivity contribution in [3.63, 3.8) is 0 Å². The van der Waals surface area contributed by atoms with Crippen molar-refractivity contribution in [3.05, 3.63) is 27.4 Å². The van der Waals surface area contributed by atoms with Gasteiger partial charge in [0.2, 0.25) is 0 Å². The lowest BCUT2D eigenvalue weighted by molar-refractivity contribution is -0.386. The van der Waals surface area contributed by atoms with E-state index in [1.165, 1.54) is 20.2 Å². The molecule has 0 aliphatic rings. The van der Waals surface area contributed by atoms with E-state index in [0.717, 1.165) is 0 Å². The normalized spacial score (nSPS) is 9.06. The summed E-state index contributed by atoms with van der Waals surface area (Å²) in [6.07, 6.45) is 1.29. The number of carbonyl (C=O) groups is 1. The van der Waals surface area contributed by atoms with Crippen LogP contribution >= 0.6 is 0 Å². The Bertz CT molecular complexity index is 542. The summed E-state index contributed by atoms with van der Waals surface area (Å²) in [6, 6.07) is 0. The lowest BCUT2D eigenvalue weighted by Gasteiger charge is -2.04. The number of primary amides is 1. The van der Waals surface area contributed by atoms with Gasteiger partial charge >= 0.3 is 5.69 Å². The fraction of sp³-hybridized carbons (Fsp3) is 0.200. The number of nitro groups is 1. The van der Waals surface area contributed by atoms with E-state index >= 15 is 0 Å². The Kier molecular flexibility index (Phi) is 3.62. The Labute approximate surface area is 96.7 Å². The Hall–Kier alpha value is -2.62. The number of hydrogen-bond donors (Lipinski definition) is 1. The van der Waals surface area contributed by atoms with Crippen molar-refractivity contribution in [1.82, 2.24) is 4.98 Å². The number of nitrogens with two attached hydrogens (primary N) is 1. The molecule has 0 aliphatic carbocycles. The van der Waals surface area contributed by atoms with Crippen molar-refractivity contribution >= 4 is 11.6 Å². The van der Waals surface area contributed by atoms with Crippen LogP contribution in [0.2, 0.25) is 0 Å². The van der Waals surface area contributed by atoms with E-state index < -0.39 is 10.8 Å². The van der Waals surface area contributed by atoms with Gasteiger partial charge in [0.05, 0.1) is 17.6 Å². The highest BCUT2D eigenvalue weighted by Crippen LogP contribution is 2.29. The third kappa shape index (κ3) is 2.69. The average molecular weight is 235 g/mol. The van der Waals surface area contributed by atoms with Crippen LogP contribution in [-0.4, -0.2) is 22.9 Å². The van der Waals surface area contributed by atoms with Gasteiger partial charge in [-0.05, 0) is 6.92 Å². The molecule has 1 rings (SSSR count). The molecular weight excluding hydrogens is 226 g/mol. The third-order valence-corrected chi connectivity index (χ3v) is 1.97. The molecule has 0 saturated carbocycles. The van der Waals surface area contributed by atoms with Crippen LogP contribution < -0.4 is 10.5 Å². The Morgan fingerprint density at radius 3 is 2.76 bits per heavy atom. The van der Waals surface area contributed by atoms with Crippen molar-refractivity contribution < 1.29 is 14.5 Å². The van der Waals surface area contributed by atoms with Gasteiger partial charge in [-0.25, -0.2) is 4.98 Å². The molecule has 1 amide bonds. The molecule has 0 spiro atoms. The first-order chi connectivity index (χ1) is 7.97. The first-order valence-electron chi connectivity index (χ1n) is 4.46. The molecule has 1 heterocycles. The standard InChI is InChI=1S/C10H9N3O4/c1-6-7(3-4-8(11)14)5-12-10(17-2)9(6)13(15)16/h5H,1-2H3,(H2,11,14). The number of aromatic nitrogens is 1. The summed E-state index contributed by atoms with van der Waals surface area (Å²) >= 11 is 0. The fourth-order valence-corrected chi connectivity index (χ4v) is 1.19. The summed E-state index contributed by atoms with van der Waals surface area (Å²) in [4.78, 5) is 24.5. The van der Waals surface area contributed by atoms with E-state index in [1.807, 2.05) is 0 Å². The van der Waals surface area contributed by atoms with Gasteiger partial charge in [-0.1, -0.05) is 5.92 Å². The molecule has 88 valence electrons. The Morgan fingerprint density at radius 2 is 2.29 bits per heavy atom. The maximum absolute atomic E-state index is 10.8. The third-order valence-electron chi connectivity index (χ3n) is 1.97. The summed E-state index contributed by atoms with van der Waals surface area (Å²) < 4.78 is 4.78. The van der Waals surface area contributed by atoms with Crippen LogP contribution in [0, 0.1) is 28.9 Å². The first-order valence-corrected chi connectivity index (χ1v) is 4.46. The van der Waals surface area contributed by atoms with Crippen molar-refractivity contribution in [1.29, 1.82) is 0 Å². The van der Waals surface area contributed by atoms with Crippen molar-refractivity contribution in [2.45, 2.75) is 6.92 Å². The molecule has 7 heteroatoms. The maximum atomic E-state index is 10.8. The molecule has 0 atom stereocenters. The summed E-state index contributed by atoms with van der Waals surface area (Å²) in [5, 5.41) is 10.8. The number of pyridine rings is 1. The summed E-state index contributed by atoms with van der Waals surface area (Å²) in [6.45, 7) is 1.49. The zero-order valence-electron chi connectivity index (χ0n) is 9.18. The molecule has 0 saturated heterocycles. The second-order valence-electron chi connectivity index (χ2n) is 3.03. The quantitative estimate of drug-likeness (QED) is 0.445. The van der Waals surface area contributed by atoms with Crippen LogP contribution in [0.15, 0.2) is 6.20 Å². The lowest BCUT2D eigenvalue weighted by atomic mass is 10.1. The van der Waals surface area contributed by atoms with Crippen LogP contribution in [0.25, 0.3) is 0 Å². The van der Waals surface area contributed by atoms with Gasteiger partial charge in [-0.2, -0.15) is 0 Å². The summed E-state index contributed by atoms with van der Waals surface area (Å²) in [5.74, 6) is 3.59. The molecule has 1 aromatic rings. The fourth-order valence-electron chi connectivity index (χ4n) is 1.19. The molecule has 2 N–H and O–H groups in total. The van der Waals surface area contributed by atoms with Gasteiger partial charge in [-0.3, -0.25) is 14.9 Å². The van der Waals surface area contributed by atoms with Gasteiger partial charge < -0.3 is 10.5 Å². The minimum Gasteiger partial charge on any atom is -0.476 e. The molecule has 7 nitrogen and oxygen atoms in total. The monoisotopic (exact) mass is 235 g/mol. The van der Waals surface area contributed by atoms with Crippen molar-refractivity contribution in [3.8, 4) is 17.7 Å². The smallest absolute Gasteiger partial charge is 0.335 e. The first kappa shape index (κ1) is 12.4. The molecule has 0 aromatic carbocycles. The second kappa shape index (κ2) is 4.94. The van der Waals surface area contributed by atoms with Crippen LogP contribution in [0.5, 0.6) is 5.88 Å². The van der Waals surface area contributed by atoms with Crippen LogP contribution in [-0.2, 0) is 4.79 Å². The minimum absolute atomic E-state index is 0.0999. The van der Waals surface area contributed by atoms with Gasteiger partial charge in [0.15, 0.2) is 0 Å². The van der Waals surface area contributed by atoms with Crippen LogP contribution in [0.1, 0.15) is 11.1 Å². The highest BCUT2D eigenvalue weighted by Gasteiger charge is 2.21. The van der Waals surface area contributed by atoms with Gasteiger partial charge in [0, 0.05) is 17.7 Å². The largest absolute Gasteiger partial charge is 0.476 e. The predicted molar refractivity (Wildman–Crippen MR) is 58.3 cm³/mol. The SMILES string of the molecule is COc1ncc(C#CC(N)=O)c(C)c1[N+](=O)[O-]. The van der Waals surface area contributed by atoms with E-state index in [9.17, 15) is 14.9 Å². The molecule has 17 heavy (non-hydrogen) atoms. The molecule has 1 aromatic heterocycles. The number of carbonyl (C=O) groups excluding carboxylic acids is 1. The molecule has 0 unspecified atom stereocenters. The molecule has 0 fully saturated rings. The number of amides is 1. The van der Waals surface area contributed by atoms with Crippen molar-refractivity contribution in [2.24, 2.45) is 5.73 Å². The highest BCUT2D eigenvalue weighted by atomic mass is 16.6. The summed E-state index contributed by atoms with van der Waals surface area (Å²) in [7, 11) is 1.28. The number of hydrogen-bond acceptors (Lipinski definition) is 5. The van der Waals surface area contributed by atoms with E-state index in [-0.39, 0.29) is 22.7 Å². The second-order valence-corrected chi connectivity index (χ2v) is 3.03. The van der Waals surface area contributed by atoms with Gasteiger partial charge in [0.1, 0.15) is 0 Å². The van der Waals surface area contributed by atoms with E-state index in [0.29, 0.717) is 0 Å².